The second kappa shape index (κ2) is 8.47. The molecule has 1 aromatic rings. The molecule has 1 amide bonds. The van der Waals surface area contributed by atoms with Gasteiger partial charge in [-0.2, -0.15) is 0 Å². The number of ether oxygens (including phenoxy) is 1. The van der Waals surface area contributed by atoms with Crippen molar-refractivity contribution in [1.82, 2.24) is 4.90 Å². The van der Waals surface area contributed by atoms with Crippen LogP contribution in [0.15, 0.2) is 30.3 Å². The average molecular weight is 376 g/mol. The zero-order valence-electron chi connectivity index (χ0n) is 15.9. The lowest BCUT2D eigenvalue weighted by molar-refractivity contribution is -0.154. The predicted molar refractivity (Wildman–Crippen MR) is 105 cm³/mol. The van der Waals surface area contributed by atoms with Crippen LogP contribution in [-0.4, -0.2) is 40.6 Å². The summed E-state index contributed by atoms with van der Waals surface area (Å²) in [7, 11) is 0. The lowest BCUT2D eigenvalue weighted by Gasteiger charge is -2.29. The molecule has 3 rings (SSSR count). The lowest BCUT2D eigenvalue weighted by Crippen LogP contribution is -2.47. The van der Waals surface area contributed by atoms with Crippen LogP contribution in [0.2, 0.25) is 0 Å². The van der Waals surface area contributed by atoms with Crippen molar-refractivity contribution >= 4 is 23.6 Å². The molecule has 0 bridgehead atoms. The lowest BCUT2D eigenvalue weighted by atomic mass is 10.1. The minimum Gasteiger partial charge on any atom is -0.464 e. The number of benzene rings is 1. The first kappa shape index (κ1) is 19.3. The highest BCUT2D eigenvalue weighted by molar-refractivity contribution is 8.00. The molecule has 1 saturated carbocycles. The highest BCUT2D eigenvalue weighted by Gasteiger charge is 2.51. The quantitative estimate of drug-likeness (QED) is 0.674. The van der Waals surface area contributed by atoms with E-state index in [9.17, 15) is 9.59 Å². The van der Waals surface area contributed by atoms with E-state index in [4.69, 9.17) is 4.74 Å². The SMILES string of the molecule is CCCOC(=O)[C@H]1CS[C@@H](CC(C)C)N1C(=O)[C@@H]1C[C@H]1c1ccccc1. The van der Waals surface area contributed by atoms with Gasteiger partial charge in [0.1, 0.15) is 6.04 Å². The van der Waals surface area contributed by atoms with Gasteiger partial charge in [0.2, 0.25) is 5.91 Å². The van der Waals surface area contributed by atoms with Crippen molar-refractivity contribution in [1.29, 1.82) is 0 Å². The van der Waals surface area contributed by atoms with Gasteiger partial charge in [-0.05, 0) is 36.7 Å². The summed E-state index contributed by atoms with van der Waals surface area (Å²) in [5.41, 5.74) is 1.23. The summed E-state index contributed by atoms with van der Waals surface area (Å²) < 4.78 is 5.37. The molecule has 4 atom stereocenters. The molecular formula is C21H29NO3S. The third-order valence-electron chi connectivity index (χ3n) is 5.08. The number of nitrogens with zero attached hydrogens (tertiary/aromatic N) is 1. The van der Waals surface area contributed by atoms with Crippen LogP contribution in [0.25, 0.3) is 0 Å². The minimum absolute atomic E-state index is 0.00670. The van der Waals surface area contributed by atoms with Crippen molar-refractivity contribution in [2.75, 3.05) is 12.4 Å². The van der Waals surface area contributed by atoms with E-state index >= 15 is 0 Å². The molecular weight excluding hydrogens is 346 g/mol. The van der Waals surface area contributed by atoms with Crippen molar-refractivity contribution in [2.24, 2.45) is 11.8 Å². The zero-order valence-corrected chi connectivity index (χ0v) is 16.7. The molecule has 0 unspecified atom stereocenters. The molecule has 0 spiro atoms. The van der Waals surface area contributed by atoms with Crippen molar-refractivity contribution in [2.45, 2.75) is 57.4 Å². The predicted octanol–water partition coefficient (Wildman–Crippen LogP) is 4.06. The number of esters is 1. The molecule has 1 heterocycles. The van der Waals surface area contributed by atoms with E-state index in [0.29, 0.717) is 24.2 Å². The van der Waals surface area contributed by atoms with Crippen LogP contribution >= 0.6 is 11.8 Å². The number of thioether (sulfide) groups is 1. The molecule has 1 aliphatic heterocycles. The Kier molecular flexibility index (Phi) is 6.28. The van der Waals surface area contributed by atoms with E-state index in [-0.39, 0.29) is 23.2 Å². The highest BCUT2D eigenvalue weighted by atomic mass is 32.2. The molecule has 4 nitrogen and oxygen atoms in total. The monoisotopic (exact) mass is 375 g/mol. The molecule has 26 heavy (non-hydrogen) atoms. The second-order valence-corrected chi connectivity index (χ2v) is 8.92. The summed E-state index contributed by atoms with van der Waals surface area (Å²) in [6, 6.07) is 9.80. The summed E-state index contributed by atoms with van der Waals surface area (Å²) in [6.07, 6.45) is 2.60. The Bertz CT molecular complexity index is 633. The first-order valence-corrected chi connectivity index (χ1v) is 10.7. The maximum absolute atomic E-state index is 13.3. The maximum atomic E-state index is 13.3. The molecule has 2 fully saturated rings. The summed E-state index contributed by atoms with van der Waals surface area (Å²) >= 11 is 1.72. The molecule has 1 aliphatic carbocycles. The maximum Gasteiger partial charge on any atom is 0.329 e. The van der Waals surface area contributed by atoms with Crippen molar-refractivity contribution in [3.05, 3.63) is 35.9 Å². The first-order chi connectivity index (χ1) is 12.5. The Morgan fingerprint density at radius 3 is 2.65 bits per heavy atom. The van der Waals surface area contributed by atoms with Gasteiger partial charge < -0.3 is 9.64 Å². The highest BCUT2D eigenvalue weighted by Crippen LogP contribution is 2.50. The van der Waals surface area contributed by atoms with Crippen LogP contribution in [-0.2, 0) is 14.3 Å². The van der Waals surface area contributed by atoms with Crippen LogP contribution in [0.1, 0.15) is 51.5 Å². The average Bonchev–Trinajstić information content (AvgIpc) is 3.33. The van der Waals surface area contributed by atoms with Crippen LogP contribution in [0, 0.1) is 11.8 Å². The standard InChI is InChI=1S/C21H29NO3S/c1-4-10-25-21(24)18-13-26-19(11-14(2)3)22(18)20(23)17-12-16(17)15-8-6-5-7-9-15/h5-9,14,16-19H,4,10-13H2,1-3H3/t16-,17+,18+,19-/m0/s1. The third kappa shape index (κ3) is 4.25. The Balaban J connectivity index is 1.73. The summed E-state index contributed by atoms with van der Waals surface area (Å²) in [6.45, 7) is 6.73. The molecule has 2 aliphatic rings. The Morgan fingerprint density at radius 1 is 1.27 bits per heavy atom. The number of amides is 1. The van der Waals surface area contributed by atoms with E-state index in [2.05, 4.69) is 26.0 Å². The van der Waals surface area contributed by atoms with Crippen molar-refractivity contribution in [3.63, 3.8) is 0 Å². The fraction of sp³-hybridized carbons (Fsp3) is 0.619. The first-order valence-electron chi connectivity index (χ1n) is 9.68. The van der Waals surface area contributed by atoms with Crippen LogP contribution in [0.3, 0.4) is 0 Å². The summed E-state index contributed by atoms with van der Waals surface area (Å²) in [5, 5.41) is 0.0821. The van der Waals surface area contributed by atoms with Crippen molar-refractivity contribution < 1.29 is 14.3 Å². The van der Waals surface area contributed by atoms with Gasteiger partial charge in [0.05, 0.1) is 12.0 Å². The van der Waals surface area contributed by atoms with Crippen molar-refractivity contribution in [3.8, 4) is 0 Å². The second-order valence-electron chi connectivity index (χ2n) is 7.71. The van der Waals surface area contributed by atoms with E-state index in [1.54, 1.807) is 11.8 Å². The Labute approximate surface area is 160 Å². The van der Waals surface area contributed by atoms with Gasteiger partial charge in [-0.25, -0.2) is 4.79 Å². The largest absolute Gasteiger partial charge is 0.464 e. The van der Waals surface area contributed by atoms with E-state index in [1.165, 1.54) is 5.56 Å². The molecule has 0 aromatic heterocycles. The van der Waals surface area contributed by atoms with E-state index in [1.807, 2.05) is 30.0 Å². The van der Waals surface area contributed by atoms with Gasteiger partial charge in [-0.15, -0.1) is 11.8 Å². The molecule has 142 valence electrons. The van der Waals surface area contributed by atoms with Gasteiger partial charge in [0.15, 0.2) is 0 Å². The molecule has 1 saturated heterocycles. The van der Waals surface area contributed by atoms with Crippen LogP contribution in [0.4, 0.5) is 0 Å². The van der Waals surface area contributed by atoms with E-state index in [0.717, 1.165) is 19.3 Å². The number of rotatable bonds is 7. The molecule has 5 heteroatoms. The Hall–Kier alpha value is -1.49. The number of carbonyl (C=O) groups is 2. The van der Waals surface area contributed by atoms with Gasteiger partial charge in [0, 0.05) is 11.7 Å². The topological polar surface area (TPSA) is 46.6 Å². The van der Waals surface area contributed by atoms with Gasteiger partial charge in [-0.1, -0.05) is 51.1 Å². The van der Waals surface area contributed by atoms with Gasteiger partial charge >= 0.3 is 5.97 Å². The summed E-state index contributed by atoms with van der Waals surface area (Å²) in [5.74, 6) is 1.32. The van der Waals surface area contributed by atoms with Gasteiger partial charge in [0.25, 0.3) is 0 Å². The van der Waals surface area contributed by atoms with E-state index < -0.39 is 6.04 Å². The normalized spacial score (nSPS) is 27.6. The summed E-state index contributed by atoms with van der Waals surface area (Å²) in [4.78, 5) is 27.6. The zero-order chi connectivity index (χ0) is 18.7. The number of hydrogen-bond donors (Lipinski definition) is 0. The van der Waals surface area contributed by atoms with Gasteiger partial charge in [-0.3, -0.25) is 4.79 Å². The fourth-order valence-electron chi connectivity index (χ4n) is 3.65. The molecule has 0 radical (unpaired) electrons. The minimum atomic E-state index is -0.431. The molecule has 1 aromatic carbocycles. The number of carbonyl (C=O) groups excluding carboxylic acids is 2. The third-order valence-corrected chi connectivity index (χ3v) is 6.39. The Morgan fingerprint density at radius 2 is 2.00 bits per heavy atom. The number of hydrogen-bond acceptors (Lipinski definition) is 4. The smallest absolute Gasteiger partial charge is 0.329 e. The fourth-order valence-corrected chi connectivity index (χ4v) is 5.29. The van der Waals surface area contributed by atoms with Crippen LogP contribution < -0.4 is 0 Å². The van der Waals surface area contributed by atoms with Crippen LogP contribution in [0.5, 0.6) is 0 Å². The molecule has 0 N–H and O–H groups in total.